The van der Waals surface area contributed by atoms with Crippen LogP contribution in [0.1, 0.15) is 31.9 Å². The Labute approximate surface area is 152 Å². The van der Waals surface area contributed by atoms with E-state index in [1.807, 2.05) is 26.8 Å². The van der Waals surface area contributed by atoms with Crippen LogP contribution in [0.15, 0.2) is 41.3 Å². The summed E-state index contributed by atoms with van der Waals surface area (Å²) in [4.78, 5) is 10.4. The van der Waals surface area contributed by atoms with E-state index in [0.29, 0.717) is 5.56 Å². The molecule has 8 heteroatoms. The van der Waals surface area contributed by atoms with Gasteiger partial charge in [-0.15, -0.1) is 0 Å². The lowest BCUT2D eigenvalue weighted by atomic mass is 9.87. The van der Waals surface area contributed by atoms with Gasteiger partial charge in [0.25, 0.3) is 15.7 Å². The smallest absolute Gasteiger partial charge is 0.279 e. The largest absolute Gasteiger partial charge is 0.289 e. The highest BCUT2D eigenvalue weighted by atomic mass is 35.5. The predicted octanol–water partition coefficient (Wildman–Crippen LogP) is 4.65. The zero-order valence-corrected chi connectivity index (χ0v) is 15.9. The Hall–Kier alpha value is -2.12. The first-order valence-electron chi connectivity index (χ1n) is 7.50. The van der Waals surface area contributed by atoms with E-state index in [1.165, 1.54) is 12.1 Å². The van der Waals surface area contributed by atoms with Gasteiger partial charge in [-0.2, -0.15) is 0 Å². The number of nitro groups is 1. The number of anilines is 1. The molecule has 0 unspecified atom stereocenters. The molecule has 0 spiro atoms. The van der Waals surface area contributed by atoms with Gasteiger partial charge in [0.05, 0.1) is 15.5 Å². The second kappa shape index (κ2) is 6.65. The number of aryl methyl sites for hydroxylation is 1. The Bertz CT molecular complexity index is 934. The monoisotopic (exact) mass is 382 g/mol. The zero-order chi connectivity index (χ0) is 19.0. The van der Waals surface area contributed by atoms with Gasteiger partial charge in [0, 0.05) is 6.07 Å². The van der Waals surface area contributed by atoms with Crippen molar-refractivity contribution in [1.82, 2.24) is 0 Å². The van der Waals surface area contributed by atoms with Crippen LogP contribution in [0.4, 0.5) is 11.4 Å². The molecule has 0 atom stereocenters. The van der Waals surface area contributed by atoms with Crippen LogP contribution in [-0.4, -0.2) is 13.3 Å². The zero-order valence-electron chi connectivity index (χ0n) is 14.3. The van der Waals surface area contributed by atoms with Crippen molar-refractivity contribution in [3.8, 4) is 0 Å². The third-order valence-corrected chi connectivity index (χ3v) is 5.58. The first-order valence-corrected chi connectivity index (χ1v) is 9.36. The summed E-state index contributed by atoms with van der Waals surface area (Å²) in [5, 5.41) is 10.9. The molecule has 2 aromatic carbocycles. The summed E-state index contributed by atoms with van der Waals surface area (Å²) in [6.45, 7) is 7.67. The second-order valence-corrected chi connectivity index (χ2v) is 8.82. The summed E-state index contributed by atoms with van der Waals surface area (Å²) in [6, 6.07) is 9.04. The highest BCUT2D eigenvalue weighted by Gasteiger charge is 2.22. The van der Waals surface area contributed by atoms with Gasteiger partial charge in [-0.25, -0.2) is 8.42 Å². The van der Waals surface area contributed by atoms with E-state index in [-0.39, 0.29) is 26.7 Å². The molecule has 2 rings (SSSR count). The Balaban J connectivity index is 2.47. The average molecular weight is 383 g/mol. The third-order valence-electron chi connectivity index (χ3n) is 3.74. The van der Waals surface area contributed by atoms with Crippen LogP contribution in [0.2, 0.25) is 5.02 Å². The maximum absolute atomic E-state index is 12.8. The fourth-order valence-electron chi connectivity index (χ4n) is 2.28. The van der Waals surface area contributed by atoms with Crippen molar-refractivity contribution < 1.29 is 13.3 Å². The van der Waals surface area contributed by atoms with Crippen LogP contribution in [0.5, 0.6) is 0 Å². The molecular weight excluding hydrogens is 364 g/mol. The molecule has 0 aromatic heterocycles. The summed E-state index contributed by atoms with van der Waals surface area (Å²) >= 11 is 5.76. The highest BCUT2D eigenvalue weighted by molar-refractivity contribution is 7.92. The van der Waals surface area contributed by atoms with E-state index < -0.39 is 14.9 Å². The molecule has 0 heterocycles. The van der Waals surface area contributed by atoms with Crippen molar-refractivity contribution in [2.75, 3.05) is 4.72 Å². The second-order valence-electron chi connectivity index (χ2n) is 6.76. The first kappa shape index (κ1) is 19.2. The minimum absolute atomic E-state index is 0.0566. The molecule has 0 bridgehead atoms. The maximum Gasteiger partial charge on any atom is 0.289 e. The normalized spacial score (nSPS) is 12.0. The number of rotatable bonds is 4. The van der Waals surface area contributed by atoms with Crippen LogP contribution in [0.25, 0.3) is 0 Å². The predicted molar refractivity (Wildman–Crippen MR) is 98.8 cm³/mol. The molecule has 0 aliphatic heterocycles. The van der Waals surface area contributed by atoms with Gasteiger partial charge < -0.3 is 0 Å². The molecule has 2 aromatic rings. The lowest BCUT2D eigenvalue weighted by Crippen LogP contribution is -2.17. The topological polar surface area (TPSA) is 89.3 Å². The molecule has 0 radical (unpaired) electrons. The van der Waals surface area contributed by atoms with Crippen LogP contribution >= 0.6 is 11.6 Å². The van der Waals surface area contributed by atoms with Crippen LogP contribution < -0.4 is 4.72 Å². The van der Waals surface area contributed by atoms with Crippen molar-refractivity contribution in [3.63, 3.8) is 0 Å². The fraction of sp³-hybridized carbons (Fsp3) is 0.294. The number of halogens is 1. The molecule has 1 N–H and O–H groups in total. The number of hydrogen-bond donors (Lipinski definition) is 1. The molecule has 0 saturated carbocycles. The minimum Gasteiger partial charge on any atom is -0.279 e. The van der Waals surface area contributed by atoms with E-state index in [2.05, 4.69) is 4.72 Å². The van der Waals surface area contributed by atoms with Gasteiger partial charge in [0.2, 0.25) is 0 Å². The molecular formula is C17H19ClN2O4S. The molecule has 0 aliphatic rings. The van der Waals surface area contributed by atoms with Crippen LogP contribution in [0, 0.1) is 17.0 Å². The summed E-state index contributed by atoms with van der Waals surface area (Å²) in [5.74, 6) is 0. The number of nitro benzene ring substituents is 1. The van der Waals surface area contributed by atoms with E-state index in [4.69, 9.17) is 11.6 Å². The number of benzene rings is 2. The van der Waals surface area contributed by atoms with Crippen molar-refractivity contribution in [2.45, 2.75) is 38.0 Å². The molecule has 0 fully saturated rings. The van der Waals surface area contributed by atoms with E-state index in [0.717, 1.165) is 11.6 Å². The summed E-state index contributed by atoms with van der Waals surface area (Å²) in [7, 11) is -3.90. The summed E-state index contributed by atoms with van der Waals surface area (Å²) < 4.78 is 27.9. The Morgan fingerprint density at radius 2 is 1.76 bits per heavy atom. The fourth-order valence-corrected chi connectivity index (χ4v) is 3.79. The molecule has 134 valence electrons. The average Bonchev–Trinajstić information content (AvgIpc) is 2.47. The quantitative estimate of drug-likeness (QED) is 0.615. The summed E-state index contributed by atoms with van der Waals surface area (Å²) in [6.07, 6.45) is 0. The van der Waals surface area contributed by atoms with Gasteiger partial charge in [-0.1, -0.05) is 44.5 Å². The number of nitrogens with one attached hydrogen (secondary N) is 1. The number of sulfonamides is 1. The third kappa shape index (κ3) is 4.29. The molecule has 6 nitrogen and oxygen atoms in total. The molecule has 0 amide bonds. The van der Waals surface area contributed by atoms with E-state index in [1.54, 1.807) is 19.1 Å². The Morgan fingerprint density at radius 1 is 1.12 bits per heavy atom. The van der Waals surface area contributed by atoms with Crippen molar-refractivity contribution in [2.24, 2.45) is 0 Å². The van der Waals surface area contributed by atoms with Crippen molar-refractivity contribution >= 4 is 33.0 Å². The van der Waals surface area contributed by atoms with Gasteiger partial charge in [0.15, 0.2) is 0 Å². The minimum atomic E-state index is -3.90. The first-order chi connectivity index (χ1) is 11.4. The van der Waals surface area contributed by atoms with Gasteiger partial charge in [-0.05, 0) is 41.7 Å². The molecule has 0 aliphatic carbocycles. The Morgan fingerprint density at radius 3 is 2.32 bits per heavy atom. The van der Waals surface area contributed by atoms with Crippen LogP contribution in [-0.2, 0) is 15.4 Å². The van der Waals surface area contributed by atoms with E-state index in [9.17, 15) is 18.5 Å². The van der Waals surface area contributed by atoms with Gasteiger partial charge in [-0.3, -0.25) is 14.8 Å². The van der Waals surface area contributed by atoms with Gasteiger partial charge >= 0.3 is 0 Å². The van der Waals surface area contributed by atoms with Crippen LogP contribution in [0.3, 0.4) is 0 Å². The molecule has 25 heavy (non-hydrogen) atoms. The van der Waals surface area contributed by atoms with E-state index >= 15 is 0 Å². The molecule has 0 saturated heterocycles. The summed E-state index contributed by atoms with van der Waals surface area (Å²) in [5.41, 5.74) is 0.972. The highest BCUT2D eigenvalue weighted by Crippen LogP contribution is 2.30. The van der Waals surface area contributed by atoms with Crippen molar-refractivity contribution in [3.05, 3.63) is 62.7 Å². The lowest BCUT2D eigenvalue weighted by Gasteiger charge is -2.21. The maximum atomic E-state index is 12.8. The lowest BCUT2D eigenvalue weighted by molar-refractivity contribution is -0.384. The Kier molecular flexibility index (Phi) is 5.11. The number of hydrogen-bond acceptors (Lipinski definition) is 4. The van der Waals surface area contributed by atoms with Gasteiger partial charge in [0.1, 0.15) is 5.02 Å². The van der Waals surface area contributed by atoms with Crippen molar-refractivity contribution in [1.29, 1.82) is 0 Å². The SMILES string of the molecule is Cc1ccc(C(C)(C)C)cc1S(=O)(=O)Nc1ccc(Cl)c([N+](=O)[O-])c1. The standard InChI is InChI=1S/C17H19ClN2O4S/c1-11-5-6-12(17(2,3)4)9-16(11)25(23,24)19-13-7-8-14(18)15(10-13)20(21)22/h5-10,19H,1-4H3. The number of nitrogens with zero attached hydrogens (tertiary/aromatic N) is 1.